The zero-order valence-corrected chi connectivity index (χ0v) is 20.2. The van der Waals surface area contributed by atoms with Gasteiger partial charge in [0.1, 0.15) is 12.4 Å². The number of nitrogens with one attached hydrogen (secondary N) is 1. The third-order valence-electron chi connectivity index (χ3n) is 5.22. The van der Waals surface area contributed by atoms with Crippen LogP contribution >= 0.6 is 34.5 Å². The van der Waals surface area contributed by atoms with Gasteiger partial charge in [0.25, 0.3) is 0 Å². The third kappa shape index (κ3) is 5.23. The Morgan fingerprint density at radius 3 is 2.71 bits per heavy atom. The number of anilines is 1. The number of hydrazone groups is 1. The zero-order valence-electron chi connectivity index (χ0n) is 17.9. The normalized spacial score (nSPS) is 11.2. The number of fused-ring (bicyclic) bond motifs is 1. The van der Waals surface area contributed by atoms with Gasteiger partial charge >= 0.3 is 0 Å². The summed E-state index contributed by atoms with van der Waals surface area (Å²) < 4.78 is 6.06. The Morgan fingerprint density at radius 2 is 1.79 bits per heavy atom. The second-order valence-corrected chi connectivity index (χ2v) is 9.23. The van der Waals surface area contributed by atoms with E-state index in [0.717, 1.165) is 28.1 Å². The Labute approximate surface area is 211 Å². The molecular weight excluding hydrogens is 485 g/mol. The highest BCUT2D eigenvalue weighted by molar-refractivity contribution is 7.14. The van der Waals surface area contributed by atoms with Crippen LogP contribution in [0.4, 0.5) is 5.13 Å². The molecule has 0 bridgehead atoms. The van der Waals surface area contributed by atoms with Crippen LogP contribution in [0.25, 0.3) is 22.0 Å². The molecule has 0 unspecified atom stereocenters. The molecule has 0 radical (unpaired) electrons. The summed E-state index contributed by atoms with van der Waals surface area (Å²) in [7, 11) is 0. The first-order chi connectivity index (χ1) is 16.7. The molecule has 0 atom stereocenters. The van der Waals surface area contributed by atoms with Gasteiger partial charge in [-0.1, -0.05) is 77.8 Å². The predicted molar refractivity (Wildman–Crippen MR) is 144 cm³/mol. The van der Waals surface area contributed by atoms with Crippen LogP contribution in [-0.4, -0.2) is 11.2 Å². The molecule has 168 valence electrons. The van der Waals surface area contributed by atoms with Crippen LogP contribution in [0, 0.1) is 0 Å². The SMILES string of the molecule is Clc1ccc(-c2csc(N/N=C\c3cccc(OCc4cccc5ccccc45)c3)n2)c(Cl)c1. The number of ether oxygens (including phenoxy) is 1. The van der Waals surface area contributed by atoms with Crippen molar-refractivity contribution in [1.82, 2.24) is 4.98 Å². The molecule has 4 aromatic carbocycles. The molecule has 0 aliphatic heterocycles. The van der Waals surface area contributed by atoms with Crippen LogP contribution in [-0.2, 0) is 6.61 Å². The Hall–Kier alpha value is -3.38. The summed E-state index contributed by atoms with van der Waals surface area (Å²) in [5.74, 6) is 0.783. The molecule has 1 aromatic heterocycles. The summed E-state index contributed by atoms with van der Waals surface area (Å²) in [5.41, 5.74) is 6.65. The van der Waals surface area contributed by atoms with Crippen molar-refractivity contribution in [1.29, 1.82) is 0 Å². The summed E-state index contributed by atoms with van der Waals surface area (Å²) >= 11 is 13.7. The lowest BCUT2D eigenvalue weighted by Crippen LogP contribution is -1.97. The third-order valence-corrected chi connectivity index (χ3v) is 6.51. The number of thiazole rings is 1. The van der Waals surface area contributed by atoms with Gasteiger partial charge in [0.15, 0.2) is 0 Å². The molecule has 1 N–H and O–H groups in total. The van der Waals surface area contributed by atoms with Crippen molar-refractivity contribution in [2.75, 3.05) is 5.43 Å². The van der Waals surface area contributed by atoms with E-state index in [4.69, 9.17) is 27.9 Å². The average molecular weight is 504 g/mol. The number of nitrogens with zero attached hydrogens (tertiary/aromatic N) is 2. The van der Waals surface area contributed by atoms with Crippen LogP contribution in [0.2, 0.25) is 10.0 Å². The molecule has 7 heteroatoms. The fourth-order valence-corrected chi connectivity index (χ4v) is 4.74. The number of hydrogen-bond acceptors (Lipinski definition) is 5. The number of halogens is 2. The van der Waals surface area contributed by atoms with E-state index < -0.39 is 0 Å². The fourth-order valence-electron chi connectivity index (χ4n) is 3.57. The van der Waals surface area contributed by atoms with Gasteiger partial charge in [0, 0.05) is 16.0 Å². The predicted octanol–water partition coefficient (Wildman–Crippen LogP) is 8.30. The number of hydrogen-bond donors (Lipinski definition) is 1. The fraction of sp³-hybridized carbons (Fsp3) is 0.0370. The van der Waals surface area contributed by atoms with Crippen molar-refractivity contribution in [2.24, 2.45) is 5.10 Å². The van der Waals surface area contributed by atoms with Crippen molar-refractivity contribution >= 4 is 56.7 Å². The van der Waals surface area contributed by atoms with Gasteiger partial charge in [0.2, 0.25) is 5.13 Å². The Balaban J connectivity index is 1.23. The molecule has 34 heavy (non-hydrogen) atoms. The van der Waals surface area contributed by atoms with Gasteiger partial charge in [-0.3, -0.25) is 5.43 Å². The second-order valence-electron chi connectivity index (χ2n) is 7.53. The molecule has 0 saturated carbocycles. The number of aromatic nitrogens is 1. The minimum absolute atomic E-state index is 0.495. The Kier molecular flexibility index (Phi) is 6.77. The highest BCUT2D eigenvalue weighted by Gasteiger charge is 2.08. The van der Waals surface area contributed by atoms with Crippen LogP contribution in [0.3, 0.4) is 0 Å². The van der Waals surface area contributed by atoms with Crippen LogP contribution in [0.15, 0.2) is 95.4 Å². The van der Waals surface area contributed by atoms with Crippen LogP contribution < -0.4 is 10.2 Å². The maximum absolute atomic E-state index is 6.28. The molecule has 4 nitrogen and oxygen atoms in total. The molecule has 0 aliphatic carbocycles. The molecule has 5 rings (SSSR count). The molecule has 0 amide bonds. The van der Waals surface area contributed by atoms with Crippen molar-refractivity contribution in [3.05, 3.63) is 111 Å². The van der Waals surface area contributed by atoms with E-state index in [1.54, 1.807) is 18.3 Å². The topological polar surface area (TPSA) is 46.5 Å². The lowest BCUT2D eigenvalue weighted by atomic mass is 10.1. The van der Waals surface area contributed by atoms with Gasteiger partial charge in [-0.2, -0.15) is 5.10 Å². The molecular formula is C27H19Cl2N3OS. The highest BCUT2D eigenvalue weighted by Crippen LogP contribution is 2.32. The van der Waals surface area contributed by atoms with E-state index in [0.29, 0.717) is 21.8 Å². The highest BCUT2D eigenvalue weighted by atomic mass is 35.5. The Morgan fingerprint density at radius 1 is 0.941 bits per heavy atom. The van der Waals surface area contributed by atoms with Gasteiger partial charge in [0.05, 0.1) is 16.9 Å². The first kappa shape index (κ1) is 22.4. The van der Waals surface area contributed by atoms with E-state index in [1.807, 2.05) is 47.8 Å². The number of benzene rings is 4. The second kappa shape index (κ2) is 10.3. The minimum Gasteiger partial charge on any atom is -0.489 e. The van der Waals surface area contributed by atoms with Crippen molar-refractivity contribution < 1.29 is 4.74 Å². The summed E-state index contributed by atoms with van der Waals surface area (Å²) in [5, 5.41) is 10.5. The number of rotatable bonds is 7. The van der Waals surface area contributed by atoms with Gasteiger partial charge < -0.3 is 4.74 Å². The maximum atomic E-state index is 6.28. The minimum atomic E-state index is 0.495. The van der Waals surface area contributed by atoms with E-state index in [1.165, 1.54) is 22.1 Å². The van der Waals surface area contributed by atoms with Gasteiger partial charge in [-0.05, 0) is 52.2 Å². The van der Waals surface area contributed by atoms with Crippen molar-refractivity contribution in [3.8, 4) is 17.0 Å². The van der Waals surface area contributed by atoms with Crippen LogP contribution in [0.5, 0.6) is 5.75 Å². The first-order valence-corrected chi connectivity index (χ1v) is 12.2. The van der Waals surface area contributed by atoms with Crippen LogP contribution in [0.1, 0.15) is 11.1 Å². The molecule has 5 aromatic rings. The zero-order chi connectivity index (χ0) is 23.3. The van der Waals surface area contributed by atoms with Gasteiger partial charge in [-0.25, -0.2) is 4.98 Å². The van der Waals surface area contributed by atoms with Crippen molar-refractivity contribution in [2.45, 2.75) is 6.61 Å². The smallest absolute Gasteiger partial charge is 0.203 e. The molecule has 0 spiro atoms. The van der Waals surface area contributed by atoms with E-state index in [9.17, 15) is 0 Å². The monoisotopic (exact) mass is 503 g/mol. The largest absolute Gasteiger partial charge is 0.489 e. The lowest BCUT2D eigenvalue weighted by Gasteiger charge is -2.09. The summed E-state index contributed by atoms with van der Waals surface area (Å²) in [4.78, 5) is 4.55. The van der Waals surface area contributed by atoms with E-state index >= 15 is 0 Å². The standard InChI is InChI=1S/C27H19Cl2N3OS/c28-21-11-12-24(25(29)14-21)26-17-34-27(31-26)32-30-15-18-5-3-9-22(13-18)33-16-20-8-4-7-19-6-1-2-10-23(19)20/h1-15,17H,16H2,(H,31,32)/b30-15-. The average Bonchev–Trinajstić information content (AvgIpc) is 3.31. The van der Waals surface area contributed by atoms with Gasteiger partial charge in [-0.15, -0.1) is 11.3 Å². The molecule has 0 fully saturated rings. The Bertz CT molecular complexity index is 1480. The quantitative estimate of drug-likeness (QED) is 0.179. The molecule has 1 heterocycles. The summed E-state index contributed by atoms with van der Waals surface area (Å²) in [6.07, 6.45) is 1.74. The lowest BCUT2D eigenvalue weighted by molar-refractivity contribution is 0.307. The summed E-state index contributed by atoms with van der Waals surface area (Å²) in [6.45, 7) is 0.495. The van der Waals surface area contributed by atoms with Crippen molar-refractivity contribution in [3.63, 3.8) is 0 Å². The summed E-state index contributed by atoms with van der Waals surface area (Å²) in [6, 6.07) is 27.8. The maximum Gasteiger partial charge on any atom is 0.203 e. The van der Waals surface area contributed by atoms with E-state index in [2.05, 4.69) is 45.8 Å². The first-order valence-electron chi connectivity index (χ1n) is 10.6. The van der Waals surface area contributed by atoms with E-state index in [-0.39, 0.29) is 0 Å². The molecule has 0 saturated heterocycles. The molecule has 0 aliphatic rings.